The van der Waals surface area contributed by atoms with E-state index >= 15 is 0 Å². The first-order valence-electron chi connectivity index (χ1n) is 8.70. The number of anilines is 2. The Morgan fingerprint density at radius 1 is 1.07 bits per heavy atom. The van der Waals surface area contributed by atoms with E-state index in [1.54, 1.807) is 57.5 Å². The molecule has 0 radical (unpaired) electrons. The van der Waals surface area contributed by atoms with E-state index in [1.807, 2.05) is 0 Å². The summed E-state index contributed by atoms with van der Waals surface area (Å²) in [6, 6.07) is 6.89. The summed E-state index contributed by atoms with van der Waals surface area (Å²) >= 11 is 0. The highest BCUT2D eigenvalue weighted by Crippen LogP contribution is 2.40. The van der Waals surface area contributed by atoms with Crippen LogP contribution in [-0.4, -0.2) is 55.9 Å². The Morgan fingerprint density at radius 2 is 1.74 bits per heavy atom. The van der Waals surface area contributed by atoms with Crippen molar-refractivity contribution in [1.82, 2.24) is 15.1 Å². The second kappa shape index (κ2) is 9.61. The smallest absolute Gasteiger partial charge is 0.274 e. The Kier molecular flexibility index (Phi) is 7.22. The van der Waals surface area contributed by atoms with E-state index < -0.39 is 0 Å². The number of rotatable bonds is 9. The zero-order valence-electron chi connectivity index (χ0n) is 16.4. The summed E-state index contributed by atoms with van der Waals surface area (Å²) in [5, 5.41) is 11.2. The Labute approximate surface area is 159 Å². The number of carbonyl (C=O) groups is 1. The lowest BCUT2D eigenvalue weighted by Gasteiger charge is -2.16. The van der Waals surface area contributed by atoms with Crippen molar-refractivity contribution in [1.29, 1.82) is 0 Å². The van der Waals surface area contributed by atoms with E-state index in [0.717, 1.165) is 12.8 Å². The van der Waals surface area contributed by atoms with E-state index in [9.17, 15) is 4.79 Å². The van der Waals surface area contributed by atoms with E-state index in [4.69, 9.17) is 14.2 Å². The van der Waals surface area contributed by atoms with Crippen LogP contribution in [0.1, 0.15) is 30.3 Å². The molecule has 0 unspecified atom stereocenters. The van der Waals surface area contributed by atoms with Crippen LogP contribution in [0.5, 0.6) is 17.2 Å². The van der Waals surface area contributed by atoms with Gasteiger partial charge in [-0.05, 0) is 18.6 Å². The molecular weight excluding hydrogens is 348 g/mol. The number of unbranched alkanes of at least 4 members (excludes halogenated alkanes) is 1. The van der Waals surface area contributed by atoms with Crippen LogP contribution in [0.4, 0.5) is 11.5 Å². The maximum absolute atomic E-state index is 12.3. The average molecular weight is 374 g/mol. The van der Waals surface area contributed by atoms with Crippen LogP contribution in [0.25, 0.3) is 0 Å². The Balaban J connectivity index is 2.16. The standard InChI is InChI=1S/C19H26N4O4/c1-6-7-10-23(2)19(24)14-8-9-17(22-21-14)20-13-11-15(25-3)18(27-5)16(12-13)26-4/h8-9,11-12H,6-7,10H2,1-5H3,(H,20,22). The van der Waals surface area contributed by atoms with Crippen LogP contribution in [0, 0.1) is 0 Å². The van der Waals surface area contributed by atoms with E-state index in [2.05, 4.69) is 22.4 Å². The highest BCUT2D eigenvalue weighted by molar-refractivity contribution is 5.92. The van der Waals surface area contributed by atoms with Crippen molar-refractivity contribution in [2.75, 3.05) is 40.2 Å². The predicted octanol–water partition coefficient (Wildman–Crippen LogP) is 3.12. The number of aromatic nitrogens is 2. The number of hydrogen-bond acceptors (Lipinski definition) is 7. The lowest BCUT2D eigenvalue weighted by atomic mass is 10.2. The van der Waals surface area contributed by atoms with Crippen molar-refractivity contribution in [2.45, 2.75) is 19.8 Å². The quantitative estimate of drug-likeness (QED) is 0.722. The molecule has 0 bridgehead atoms. The monoisotopic (exact) mass is 374 g/mol. The van der Waals surface area contributed by atoms with Gasteiger partial charge in [-0.1, -0.05) is 13.3 Å². The third kappa shape index (κ3) is 4.99. The molecule has 1 amide bonds. The van der Waals surface area contributed by atoms with Crippen LogP contribution in [0.2, 0.25) is 0 Å². The first kappa shape index (κ1) is 20.3. The Bertz CT molecular complexity index is 740. The van der Waals surface area contributed by atoms with Gasteiger partial charge in [0.1, 0.15) is 0 Å². The number of carbonyl (C=O) groups excluding carboxylic acids is 1. The molecule has 146 valence electrons. The van der Waals surface area contributed by atoms with Crippen molar-refractivity contribution in [3.05, 3.63) is 30.0 Å². The van der Waals surface area contributed by atoms with Gasteiger partial charge in [0.15, 0.2) is 23.0 Å². The number of nitrogens with one attached hydrogen (secondary N) is 1. The lowest BCUT2D eigenvalue weighted by molar-refractivity contribution is 0.0786. The summed E-state index contributed by atoms with van der Waals surface area (Å²) in [6.07, 6.45) is 1.98. The average Bonchev–Trinajstić information content (AvgIpc) is 2.71. The van der Waals surface area contributed by atoms with Gasteiger partial charge in [0.2, 0.25) is 5.75 Å². The van der Waals surface area contributed by atoms with Crippen LogP contribution in [0.15, 0.2) is 24.3 Å². The molecule has 0 saturated heterocycles. The van der Waals surface area contributed by atoms with Gasteiger partial charge in [-0.3, -0.25) is 4.79 Å². The molecule has 0 atom stereocenters. The van der Waals surface area contributed by atoms with Crippen molar-refractivity contribution in [3.63, 3.8) is 0 Å². The number of hydrogen-bond donors (Lipinski definition) is 1. The largest absolute Gasteiger partial charge is 0.493 e. The molecule has 1 aromatic carbocycles. The summed E-state index contributed by atoms with van der Waals surface area (Å²) in [5.41, 5.74) is 1.00. The minimum atomic E-state index is -0.143. The van der Waals surface area contributed by atoms with Crippen molar-refractivity contribution < 1.29 is 19.0 Å². The van der Waals surface area contributed by atoms with Gasteiger partial charge in [0, 0.05) is 31.4 Å². The van der Waals surface area contributed by atoms with Crippen LogP contribution >= 0.6 is 0 Å². The maximum Gasteiger partial charge on any atom is 0.274 e. The number of ether oxygens (including phenoxy) is 3. The predicted molar refractivity (Wildman–Crippen MR) is 103 cm³/mol. The zero-order valence-corrected chi connectivity index (χ0v) is 16.4. The first-order chi connectivity index (χ1) is 13.0. The molecule has 2 aromatic rings. The SMILES string of the molecule is CCCCN(C)C(=O)c1ccc(Nc2cc(OC)c(OC)c(OC)c2)nn1. The normalized spacial score (nSPS) is 10.3. The molecule has 0 aliphatic carbocycles. The second-order valence-electron chi connectivity index (χ2n) is 5.92. The number of benzene rings is 1. The molecule has 1 aromatic heterocycles. The van der Waals surface area contributed by atoms with Gasteiger partial charge in [-0.25, -0.2) is 0 Å². The fraction of sp³-hybridized carbons (Fsp3) is 0.421. The highest BCUT2D eigenvalue weighted by Gasteiger charge is 2.15. The fourth-order valence-corrected chi connectivity index (χ4v) is 2.51. The lowest BCUT2D eigenvalue weighted by Crippen LogP contribution is -2.28. The number of nitrogens with zero attached hydrogens (tertiary/aromatic N) is 3. The van der Waals surface area contributed by atoms with Gasteiger partial charge in [0.05, 0.1) is 21.3 Å². The maximum atomic E-state index is 12.3. The summed E-state index contributed by atoms with van der Waals surface area (Å²) in [7, 11) is 6.42. The molecule has 2 rings (SSSR count). The molecule has 0 spiro atoms. The second-order valence-corrected chi connectivity index (χ2v) is 5.92. The molecule has 8 nitrogen and oxygen atoms in total. The Hall–Kier alpha value is -3.03. The number of amides is 1. The van der Waals surface area contributed by atoms with E-state index in [-0.39, 0.29) is 5.91 Å². The van der Waals surface area contributed by atoms with Crippen LogP contribution in [-0.2, 0) is 0 Å². The minimum Gasteiger partial charge on any atom is -0.493 e. The molecule has 0 saturated carbocycles. The van der Waals surface area contributed by atoms with E-state index in [1.165, 1.54) is 0 Å². The van der Waals surface area contributed by atoms with Crippen molar-refractivity contribution in [3.8, 4) is 17.2 Å². The first-order valence-corrected chi connectivity index (χ1v) is 8.70. The summed E-state index contributed by atoms with van der Waals surface area (Å²) < 4.78 is 16.0. The topological polar surface area (TPSA) is 85.8 Å². The molecule has 0 aliphatic rings. The van der Waals surface area contributed by atoms with Gasteiger partial charge >= 0.3 is 0 Å². The summed E-state index contributed by atoms with van der Waals surface area (Å²) in [4.78, 5) is 14.0. The fourth-order valence-electron chi connectivity index (χ4n) is 2.51. The van der Waals surface area contributed by atoms with Crippen molar-refractivity contribution in [2.24, 2.45) is 0 Å². The van der Waals surface area contributed by atoms with Gasteiger partial charge < -0.3 is 24.4 Å². The third-order valence-electron chi connectivity index (χ3n) is 4.01. The zero-order chi connectivity index (χ0) is 19.8. The third-order valence-corrected chi connectivity index (χ3v) is 4.01. The number of methoxy groups -OCH3 is 3. The molecule has 1 N–H and O–H groups in total. The summed E-state index contributed by atoms with van der Waals surface area (Å²) in [6.45, 7) is 2.78. The minimum absolute atomic E-state index is 0.143. The molecular formula is C19H26N4O4. The van der Waals surface area contributed by atoms with Crippen LogP contribution in [0.3, 0.4) is 0 Å². The van der Waals surface area contributed by atoms with E-state index in [0.29, 0.717) is 41.0 Å². The molecule has 0 aliphatic heterocycles. The van der Waals surface area contributed by atoms with Gasteiger partial charge in [-0.2, -0.15) is 0 Å². The van der Waals surface area contributed by atoms with Gasteiger partial charge in [0.25, 0.3) is 5.91 Å². The summed E-state index contributed by atoms with van der Waals surface area (Å²) in [5.74, 6) is 1.91. The molecule has 0 fully saturated rings. The van der Waals surface area contributed by atoms with Crippen LogP contribution < -0.4 is 19.5 Å². The highest BCUT2D eigenvalue weighted by atomic mass is 16.5. The molecule has 1 heterocycles. The van der Waals surface area contributed by atoms with Crippen molar-refractivity contribution >= 4 is 17.4 Å². The molecule has 8 heteroatoms. The van der Waals surface area contributed by atoms with Gasteiger partial charge in [-0.15, -0.1) is 10.2 Å². The molecule has 27 heavy (non-hydrogen) atoms. The Morgan fingerprint density at radius 3 is 2.22 bits per heavy atom.